The van der Waals surface area contributed by atoms with Gasteiger partial charge < -0.3 is 21.1 Å². The molecule has 0 bridgehead atoms. The molecular formula is C10H12N6O3. The predicted octanol–water partition coefficient (Wildman–Crippen LogP) is -2.00. The van der Waals surface area contributed by atoms with Crippen molar-refractivity contribution in [2.45, 2.75) is 18.2 Å². The first-order valence-corrected chi connectivity index (χ1v) is 5.62. The van der Waals surface area contributed by atoms with E-state index in [2.05, 4.69) is 20.3 Å². The Labute approximate surface area is 107 Å². The summed E-state index contributed by atoms with van der Waals surface area (Å²) in [5, 5.41) is 36.6. The van der Waals surface area contributed by atoms with Crippen LogP contribution in [0.1, 0.15) is 6.04 Å². The number of aliphatic hydroxyl groups is 3. The van der Waals surface area contributed by atoms with E-state index >= 15 is 0 Å². The molecule has 3 atom stereocenters. The Balaban J connectivity index is 2.11. The van der Waals surface area contributed by atoms with E-state index in [0.29, 0.717) is 16.7 Å². The third kappa shape index (κ3) is 1.67. The summed E-state index contributed by atoms with van der Waals surface area (Å²) in [6.07, 6.45) is 0.560. The predicted molar refractivity (Wildman–Crippen MR) is 63.7 cm³/mol. The molecule has 9 heteroatoms. The van der Waals surface area contributed by atoms with Crippen LogP contribution < -0.4 is 5.73 Å². The van der Waals surface area contributed by atoms with E-state index in [0.717, 1.165) is 0 Å². The van der Waals surface area contributed by atoms with Crippen LogP contribution in [-0.4, -0.2) is 59.1 Å². The van der Waals surface area contributed by atoms with Gasteiger partial charge in [-0.05, 0) is 5.57 Å². The number of anilines is 1. The lowest BCUT2D eigenvalue weighted by Crippen LogP contribution is -2.30. The summed E-state index contributed by atoms with van der Waals surface area (Å²) >= 11 is 0. The molecule has 0 saturated carbocycles. The lowest BCUT2D eigenvalue weighted by atomic mass is 10.1. The van der Waals surface area contributed by atoms with E-state index in [1.54, 1.807) is 6.08 Å². The summed E-state index contributed by atoms with van der Waals surface area (Å²) in [5.74, 6) is 0.190. The number of nitrogen functional groups attached to an aromatic ring is 1. The van der Waals surface area contributed by atoms with Crippen molar-refractivity contribution in [2.24, 2.45) is 0 Å². The number of aromatic nitrogens is 5. The minimum absolute atomic E-state index is 0.190. The van der Waals surface area contributed by atoms with Gasteiger partial charge >= 0.3 is 0 Å². The lowest BCUT2D eigenvalue weighted by molar-refractivity contribution is 0.0261. The Hall–Kier alpha value is -2.10. The number of rotatable bonds is 2. The first-order valence-electron chi connectivity index (χ1n) is 5.62. The maximum Gasteiger partial charge on any atom is 0.184 e. The second-order valence-electron chi connectivity index (χ2n) is 4.29. The van der Waals surface area contributed by atoms with Crippen LogP contribution in [0.2, 0.25) is 0 Å². The monoisotopic (exact) mass is 264 g/mol. The van der Waals surface area contributed by atoms with E-state index in [4.69, 9.17) is 10.8 Å². The molecule has 3 rings (SSSR count). The van der Waals surface area contributed by atoms with E-state index in [9.17, 15) is 10.2 Å². The Morgan fingerprint density at radius 1 is 1.32 bits per heavy atom. The van der Waals surface area contributed by atoms with Crippen LogP contribution in [-0.2, 0) is 0 Å². The van der Waals surface area contributed by atoms with Crippen molar-refractivity contribution in [3.05, 3.63) is 18.0 Å². The summed E-state index contributed by atoms with van der Waals surface area (Å²) in [4.78, 5) is 7.82. The molecule has 2 heterocycles. The zero-order valence-electron chi connectivity index (χ0n) is 9.75. The van der Waals surface area contributed by atoms with Gasteiger partial charge in [0.15, 0.2) is 17.0 Å². The average Bonchev–Trinajstić information content (AvgIpc) is 2.94. The molecular weight excluding hydrogens is 252 g/mol. The van der Waals surface area contributed by atoms with Crippen molar-refractivity contribution >= 4 is 17.0 Å². The van der Waals surface area contributed by atoms with Gasteiger partial charge in [0.1, 0.15) is 24.6 Å². The summed E-state index contributed by atoms with van der Waals surface area (Å²) < 4.78 is 1.35. The van der Waals surface area contributed by atoms with E-state index in [1.165, 1.54) is 11.0 Å². The van der Waals surface area contributed by atoms with Gasteiger partial charge in [0, 0.05) is 0 Å². The largest absolute Gasteiger partial charge is 0.392 e. The normalized spacial score (nSPS) is 26.9. The van der Waals surface area contributed by atoms with Gasteiger partial charge in [0.05, 0.1) is 6.61 Å². The fourth-order valence-electron chi connectivity index (χ4n) is 2.17. The molecule has 0 saturated heterocycles. The average molecular weight is 264 g/mol. The van der Waals surface area contributed by atoms with Crippen molar-refractivity contribution in [3.63, 3.8) is 0 Å². The minimum Gasteiger partial charge on any atom is -0.392 e. The number of aliphatic hydroxyl groups excluding tert-OH is 3. The fraction of sp³-hybridized carbons (Fsp3) is 0.400. The second-order valence-corrected chi connectivity index (χ2v) is 4.29. The maximum absolute atomic E-state index is 9.98. The highest BCUT2D eigenvalue weighted by molar-refractivity contribution is 5.80. The third-order valence-corrected chi connectivity index (χ3v) is 3.19. The van der Waals surface area contributed by atoms with Gasteiger partial charge in [0.2, 0.25) is 0 Å². The molecule has 2 aromatic heterocycles. The van der Waals surface area contributed by atoms with Crippen LogP contribution in [0, 0.1) is 0 Å². The molecule has 5 N–H and O–H groups in total. The SMILES string of the molecule is Nc1ncnc2c1nnn2C1C=C(CO)C(O)C1O. The van der Waals surface area contributed by atoms with Gasteiger partial charge in [-0.15, -0.1) is 5.10 Å². The first kappa shape index (κ1) is 12.0. The molecule has 1 aliphatic carbocycles. The van der Waals surface area contributed by atoms with Crippen LogP contribution >= 0.6 is 0 Å². The van der Waals surface area contributed by atoms with Gasteiger partial charge in [-0.25, -0.2) is 14.6 Å². The summed E-state index contributed by atoms with van der Waals surface area (Å²) in [6.45, 7) is -0.335. The van der Waals surface area contributed by atoms with Crippen LogP contribution in [0.5, 0.6) is 0 Å². The molecule has 3 unspecified atom stereocenters. The molecule has 0 spiro atoms. The number of hydrogen-bond donors (Lipinski definition) is 4. The second kappa shape index (κ2) is 4.23. The van der Waals surface area contributed by atoms with Gasteiger partial charge in [-0.1, -0.05) is 11.3 Å². The van der Waals surface area contributed by atoms with E-state index in [-0.39, 0.29) is 12.4 Å². The standard InChI is InChI=1S/C10H12N6O3/c11-9-6-10(13-3-12-9)16(15-14-6)5-1-4(2-17)7(18)8(5)19/h1,3,5,7-8,17-19H,2H2,(H2,11,12,13). The highest BCUT2D eigenvalue weighted by atomic mass is 16.3. The highest BCUT2D eigenvalue weighted by Crippen LogP contribution is 2.30. The molecule has 100 valence electrons. The fourth-order valence-corrected chi connectivity index (χ4v) is 2.17. The number of nitrogens with zero attached hydrogens (tertiary/aromatic N) is 5. The summed E-state index contributed by atoms with van der Waals surface area (Å²) in [6, 6.07) is -0.656. The summed E-state index contributed by atoms with van der Waals surface area (Å²) in [7, 11) is 0. The molecule has 2 aromatic rings. The first-order chi connectivity index (χ1) is 9.13. The Morgan fingerprint density at radius 2 is 2.11 bits per heavy atom. The van der Waals surface area contributed by atoms with E-state index < -0.39 is 18.2 Å². The van der Waals surface area contributed by atoms with Crippen LogP contribution in [0.25, 0.3) is 11.2 Å². The van der Waals surface area contributed by atoms with Crippen molar-refractivity contribution in [1.82, 2.24) is 25.0 Å². The quantitative estimate of drug-likeness (QED) is 0.456. The molecule has 0 fully saturated rings. The zero-order chi connectivity index (χ0) is 13.6. The Kier molecular flexibility index (Phi) is 2.66. The Bertz CT molecular complexity index is 654. The molecule has 0 aromatic carbocycles. The van der Waals surface area contributed by atoms with Gasteiger partial charge in [-0.2, -0.15) is 0 Å². The number of hydrogen-bond acceptors (Lipinski definition) is 8. The lowest BCUT2D eigenvalue weighted by Gasteiger charge is -2.17. The zero-order valence-corrected chi connectivity index (χ0v) is 9.75. The highest BCUT2D eigenvalue weighted by Gasteiger charge is 2.37. The van der Waals surface area contributed by atoms with Crippen LogP contribution in [0.3, 0.4) is 0 Å². The van der Waals surface area contributed by atoms with Crippen molar-refractivity contribution in [1.29, 1.82) is 0 Å². The topological polar surface area (TPSA) is 143 Å². The number of nitrogens with two attached hydrogens (primary N) is 1. The van der Waals surface area contributed by atoms with Crippen molar-refractivity contribution in [3.8, 4) is 0 Å². The van der Waals surface area contributed by atoms with Crippen molar-refractivity contribution in [2.75, 3.05) is 12.3 Å². The molecule has 0 radical (unpaired) electrons. The van der Waals surface area contributed by atoms with Crippen LogP contribution in [0.15, 0.2) is 18.0 Å². The summed E-state index contributed by atoms with van der Waals surface area (Å²) in [5.41, 5.74) is 6.67. The molecule has 9 nitrogen and oxygen atoms in total. The third-order valence-electron chi connectivity index (χ3n) is 3.19. The van der Waals surface area contributed by atoms with Crippen LogP contribution in [0.4, 0.5) is 5.82 Å². The smallest absolute Gasteiger partial charge is 0.184 e. The molecule has 0 aliphatic heterocycles. The van der Waals surface area contributed by atoms with Crippen molar-refractivity contribution < 1.29 is 15.3 Å². The number of fused-ring (bicyclic) bond motifs is 1. The minimum atomic E-state index is -1.13. The van der Waals surface area contributed by atoms with E-state index in [1.807, 2.05) is 0 Å². The van der Waals surface area contributed by atoms with Gasteiger partial charge in [-0.3, -0.25) is 0 Å². The molecule has 1 aliphatic rings. The maximum atomic E-state index is 9.98. The van der Waals surface area contributed by atoms with Gasteiger partial charge in [0.25, 0.3) is 0 Å². The molecule has 0 amide bonds. The molecule has 19 heavy (non-hydrogen) atoms. The Morgan fingerprint density at radius 3 is 2.79 bits per heavy atom.